The normalized spacial score (nSPS) is 10.5. The first-order valence-electron chi connectivity index (χ1n) is 9.14. The lowest BCUT2D eigenvalue weighted by Gasteiger charge is -2.19. The molecule has 0 saturated carbocycles. The minimum Gasteiger partial charge on any atom is -0.344 e. The van der Waals surface area contributed by atoms with Gasteiger partial charge >= 0.3 is 11.8 Å². The van der Waals surface area contributed by atoms with Crippen LogP contribution in [0.1, 0.15) is 28.3 Å². The van der Waals surface area contributed by atoms with Crippen LogP contribution in [-0.4, -0.2) is 11.8 Å². The molecule has 5 heteroatoms. The lowest BCUT2D eigenvalue weighted by molar-refractivity contribution is -0.139. The number of benzene rings is 3. The van der Waals surface area contributed by atoms with E-state index in [-0.39, 0.29) is 6.54 Å². The van der Waals surface area contributed by atoms with Gasteiger partial charge in [0.15, 0.2) is 0 Å². The van der Waals surface area contributed by atoms with E-state index in [1.165, 1.54) is 0 Å². The molecule has 0 aromatic heterocycles. The van der Waals surface area contributed by atoms with E-state index in [0.29, 0.717) is 6.54 Å². The number of nitrogens with two attached hydrogens (primary N) is 1. The van der Waals surface area contributed by atoms with E-state index in [9.17, 15) is 9.59 Å². The van der Waals surface area contributed by atoms with E-state index in [1.54, 1.807) is 0 Å². The van der Waals surface area contributed by atoms with E-state index in [1.807, 2.05) is 84.9 Å². The summed E-state index contributed by atoms with van der Waals surface area (Å²) >= 11 is 0. The Balaban J connectivity index is 1.68. The smallest absolute Gasteiger partial charge is 0.310 e. The third kappa shape index (κ3) is 5.05. The van der Waals surface area contributed by atoms with Gasteiger partial charge in [-0.05, 0) is 22.3 Å². The first-order chi connectivity index (χ1) is 13.7. The Bertz CT molecular complexity index is 887. The van der Waals surface area contributed by atoms with Gasteiger partial charge in [-0.3, -0.25) is 9.59 Å². The second-order valence-electron chi connectivity index (χ2n) is 6.43. The highest BCUT2D eigenvalue weighted by atomic mass is 16.2. The van der Waals surface area contributed by atoms with Crippen molar-refractivity contribution >= 4 is 11.8 Å². The van der Waals surface area contributed by atoms with Gasteiger partial charge in [-0.1, -0.05) is 84.9 Å². The number of carbonyl (C=O) groups is 2. The van der Waals surface area contributed by atoms with Crippen LogP contribution in [0.3, 0.4) is 0 Å². The minimum absolute atomic E-state index is 0.265. The molecule has 0 atom stereocenters. The van der Waals surface area contributed by atoms with Crippen LogP contribution in [0, 0.1) is 0 Å². The number of hydrogen-bond donors (Lipinski definition) is 3. The summed E-state index contributed by atoms with van der Waals surface area (Å²) in [5.74, 6) is -1.34. The molecule has 0 spiro atoms. The molecule has 3 aromatic carbocycles. The molecule has 5 nitrogen and oxygen atoms in total. The zero-order chi connectivity index (χ0) is 19.8. The molecule has 0 aliphatic heterocycles. The molecule has 0 aliphatic rings. The van der Waals surface area contributed by atoms with Gasteiger partial charge in [0.2, 0.25) is 0 Å². The zero-order valence-electron chi connectivity index (χ0n) is 15.5. The van der Waals surface area contributed by atoms with E-state index in [0.717, 1.165) is 22.3 Å². The summed E-state index contributed by atoms with van der Waals surface area (Å²) in [4.78, 5) is 24.8. The molecule has 0 bridgehead atoms. The van der Waals surface area contributed by atoms with Crippen LogP contribution >= 0.6 is 0 Å². The number of carbonyl (C=O) groups excluding carboxylic acids is 2. The quantitative estimate of drug-likeness (QED) is 0.581. The number of amides is 2. The molecule has 0 unspecified atom stereocenters. The fourth-order valence-corrected chi connectivity index (χ4v) is 2.98. The van der Waals surface area contributed by atoms with Crippen molar-refractivity contribution in [3.63, 3.8) is 0 Å². The molecule has 0 fully saturated rings. The standard InChI is InChI=1S/C23H23N3O2/c24-15-17-8-7-9-18(14-17)16-25-22(27)23(28)26-21(19-10-3-1-4-11-19)20-12-5-2-6-13-20/h1-14,21H,15-16,24H2,(H,25,27)(H,26,28). The third-order valence-electron chi connectivity index (χ3n) is 4.43. The van der Waals surface area contributed by atoms with Crippen LogP contribution in [0.25, 0.3) is 0 Å². The fourth-order valence-electron chi connectivity index (χ4n) is 2.98. The minimum atomic E-state index is -0.673. The topological polar surface area (TPSA) is 84.2 Å². The predicted octanol–water partition coefficient (Wildman–Crippen LogP) is 2.67. The highest BCUT2D eigenvalue weighted by Gasteiger charge is 2.21. The van der Waals surface area contributed by atoms with E-state index in [2.05, 4.69) is 10.6 Å². The van der Waals surface area contributed by atoms with Crippen LogP contribution in [0.5, 0.6) is 0 Å². The van der Waals surface area contributed by atoms with Crippen molar-refractivity contribution in [3.05, 3.63) is 107 Å². The SMILES string of the molecule is NCc1cccc(CNC(=O)C(=O)NC(c2ccccc2)c2ccccc2)c1. The zero-order valence-corrected chi connectivity index (χ0v) is 15.5. The number of rotatable bonds is 6. The monoisotopic (exact) mass is 373 g/mol. The van der Waals surface area contributed by atoms with Crippen LogP contribution in [-0.2, 0) is 22.7 Å². The third-order valence-corrected chi connectivity index (χ3v) is 4.43. The molecule has 3 aromatic rings. The average molecular weight is 373 g/mol. The number of nitrogens with one attached hydrogen (secondary N) is 2. The van der Waals surface area contributed by atoms with Crippen molar-refractivity contribution in [1.82, 2.24) is 10.6 Å². The lowest BCUT2D eigenvalue weighted by Crippen LogP contribution is -2.41. The number of hydrogen-bond acceptors (Lipinski definition) is 3. The lowest BCUT2D eigenvalue weighted by atomic mass is 9.99. The van der Waals surface area contributed by atoms with Crippen LogP contribution in [0.2, 0.25) is 0 Å². The van der Waals surface area contributed by atoms with Gasteiger partial charge in [0, 0.05) is 13.1 Å². The van der Waals surface area contributed by atoms with Crippen molar-refractivity contribution in [2.45, 2.75) is 19.1 Å². The van der Waals surface area contributed by atoms with E-state index < -0.39 is 17.9 Å². The maximum Gasteiger partial charge on any atom is 0.310 e. The Hall–Kier alpha value is -3.44. The van der Waals surface area contributed by atoms with Crippen LogP contribution < -0.4 is 16.4 Å². The Kier molecular flexibility index (Phi) is 6.54. The highest BCUT2D eigenvalue weighted by molar-refractivity contribution is 6.35. The molecule has 3 rings (SSSR count). The van der Waals surface area contributed by atoms with Crippen molar-refractivity contribution in [3.8, 4) is 0 Å². The Morgan fingerprint density at radius 3 is 1.89 bits per heavy atom. The molecule has 4 N–H and O–H groups in total. The first kappa shape index (κ1) is 19.3. The maximum atomic E-state index is 12.5. The van der Waals surface area contributed by atoms with Gasteiger partial charge < -0.3 is 16.4 Å². The van der Waals surface area contributed by atoms with E-state index in [4.69, 9.17) is 5.73 Å². The van der Waals surface area contributed by atoms with Gasteiger partial charge in [-0.15, -0.1) is 0 Å². The highest BCUT2D eigenvalue weighted by Crippen LogP contribution is 2.21. The second kappa shape index (κ2) is 9.48. The summed E-state index contributed by atoms with van der Waals surface area (Å²) in [6.45, 7) is 0.694. The van der Waals surface area contributed by atoms with Gasteiger partial charge in [0.1, 0.15) is 0 Å². The molecule has 142 valence electrons. The van der Waals surface area contributed by atoms with Crippen LogP contribution in [0.15, 0.2) is 84.9 Å². The summed E-state index contributed by atoms with van der Waals surface area (Å²) in [7, 11) is 0. The molecule has 28 heavy (non-hydrogen) atoms. The molecule has 0 aliphatic carbocycles. The van der Waals surface area contributed by atoms with Gasteiger partial charge in [0.05, 0.1) is 6.04 Å². The van der Waals surface area contributed by atoms with Crippen molar-refractivity contribution in [2.24, 2.45) is 5.73 Å². The molecule has 0 saturated heterocycles. The van der Waals surface area contributed by atoms with Crippen LogP contribution in [0.4, 0.5) is 0 Å². The summed E-state index contributed by atoms with van der Waals surface area (Å²) in [5, 5.41) is 5.50. The fraction of sp³-hybridized carbons (Fsp3) is 0.130. The maximum absolute atomic E-state index is 12.5. The second-order valence-corrected chi connectivity index (χ2v) is 6.43. The summed E-state index contributed by atoms with van der Waals surface area (Å²) < 4.78 is 0. The molecular formula is C23H23N3O2. The Labute approximate surface area is 164 Å². The predicted molar refractivity (Wildman–Crippen MR) is 109 cm³/mol. The molecule has 2 amide bonds. The van der Waals surface area contributed by atoms with Crippen molar-refractivity contribution in [1.29, 1.82) is 0 Å². The molecular weight excluding hydrogens is 350 g/mol. The Morgan fingerprint density at radius 2 is 1.32 bits per heavy atom. The van der Waals surface area contributed by atoms with Crippen molar-refractivity contribution < 1.29 is 9.59 Å². The first-order valence-corrected chi connectivity index (χ1v) is 9.14. The van der Waals surface area contributed by atoms with Crippen molar-refractivity contribution in [2.75, 3.05) is 0 Å². The molecule has 0 radical (unpaired) electrons. The Morgan fingerprint density at radius 1 is 0.750 bits per heavy atom. The molecule has 0 heterocycles. The van der Waals surface area contributed by atoms with Gasteiger partial charge in [0.25, 0.3) is 0 Å². The summed E-state index contributed by atoms with van der Waals surface area (Å²) in [6.07, 6.45) is 0. The van der Waals surface area contributed by atoms with E-state index >= 15 is 0 Å². The summed E-state index contributed by atoms with van der Waals surface area (Å²) in [5.41, 5.74) is 9.32. The van der Waals surface area contributed by atoms with Gasteiger partial charge in [-0.2, -0.15) is 0 Å². The average Bonchev–Trinajstić information content (AvgIpc) is 2.77. The summed E-state index contributed by atoms with van der Waals surface area (Å²) in [6, 6.07) is 26.3. The van der Waals surface area contributed by atoms with Gasteiger partial charge in [-0.25, -0.2) is 0 Å². The largest absolute Gasteiger partial charge is 0.344 e.